The molecule has 5 heteroatoms. The van der Waals surface area contributed by atoms with Crippen LogP contribution in [0.3, 0.4) is 0 Å². The van der Waals surface area contributed by atoms with Crippen LogP contribution in [-0.2, 0) is 16.7 Å². The average molecular weight is 499 g/mol. The van der Waals surface area contributed by atoms with E-state index in [-0.39, 0.29) is 5.75 Å². The number of hydrogen-bond acceptors (Lipinski definition) is 2. The van der Waals surface area contributed by atoms with Crippen LogP contribution in [0.5, 0.6) is 0 Å². The van der Waals surface area contributed by atoms with Crippen molar-refractivity contribution in [1.29, 1.82) is 0 Å². The van der Waals surface area contributed by atoms with Gasteiger partial charge in [0, 0.05) is 5.56 Å². The van der Waals surface area contributed by atoms with Crippen LogP contribution < -0.4 is 0 Å². The molecule has 0 saturated carbocycles. The lowest BCUT2D eigenvalue weighted by atomic mass is 10.0. The number of unbranched alkanes of at least 4 members (excludes halogenated alkanes) is 15. The van der Waals surface area contributed by atoms with Gasteiger partial charge in [0.05, 0.1) is 26.4 Å². The first kappa shape index (κ1) is 33.1. The molecule has 0 fully saturated rings. The van der Waals surface area contributed by atoms with Crippen LogP contribution in [-0.4, -0.2) is 43.8 Å². The van der Waals surface area contributed by atoms with Crippen molar-refractivity contribution in [1.82, 2.24) is 0 Å². The minimum atomic E-state index is -3.66. The van der Waals surface area contributed by atoms with Crippen molar-refractivity contribution in [3.05, 3.63) is 35.9 Å². The van der Waals surface area contributed by atoms with E-state index in [2.05, 4.69) is 51.4 Å². The van der Waals surface area contributed by atoms with E-state index in [1.807, 2.05) is 0 Å². The second kappa shape index (κ2) is 21.4. The second-order valence-corrected chi connectivity index (χ2v) is 12.2. The Hall–Kier alpha value is -0.910. The summed E-state index contributed by atoms with van der Waals surface area (Å²) in [5.41, 5.74) is 1.46. The predicted molar refractivity (Wildman–Crippen MR) is 149 cm³/mol. The van der Waals surface area contributed by atoms with E-state index in [4.69, 9.17) is 4.55 Å². The van der Waals surface area contributed by atoms with Gasteiger partial charge < -0.3 is 4.48 Å². The molecular weight excluding hydrogens is 442 g/mol. The first-order valence-corrected chi connectivity index (χ1v) is 15.6. The number of hydrogen-bond donors (Lipinski definition) is 1. The average Bonchev–Trinajstić information content (AvgIpc) is 2.79. The Morgan fingerprint density at radius 2 is 1.00 bits per heavy atom. The van der Waals surface area contributed by atoms with Gasteiger partial charge in [0.15, 0.2) is 0 Å². The fraction of sp³-hybridized carbons (Fsp3) is 0.793. The van der Waals surface area contributed by atoms with E-state index in [1.54, 1.807) is 0 Å². The Balaban J connectivity index is 0.00000160. The lowest BCUT2D eigenvalue weighted by molar-refractivity contribution is -0.903. The van der Waals surface area contributed by atoms with Gasteiger partial charge >= 0.3 is 0 Å². The SMILES string of the molecule is CCCCCCCCCCCCCCCCCC[N+](C)(C)Cc1ccccc1.CCS(=O)(=O)O. The monoisotopic (exact) mass is 498 g/mol. The van der Waals surface area contributed by atoms with E-state index < -0.39 is 10.1 Å². The van der Waals surface area contributed by atoms with Crippen molar-refractivity contribution in [2.45, 2.75) is 123 Å². The summed E-state index contributed by atoms with van der Waals surface area (Å²) >= 11 is 0. The minimum Gasteiger partial charge on any atom is -0.325 e. The third-order valence-electron chi connectivity index (χ3n) is 6.44. The van der Waals surface area contributed by atoms with E-state index in [0.717, 1.165) is 11.0 Å². The summed E-state index contributed by atoms with van der Waals surface area (Å²) in [5, 5.41) is 0. The summed E-state index contributed by atoms with van der Waals surface area (Å²) in [6.45, 7) is 6.12. The van der Waals surface area contributed by atoms with Crippen LogP contribution in [0.2, 0.25) is 0 Å². The maximum atomic E-state index is 9.56. The summed E-state index contributed by atoms with van der Waals surface area (Å²) in [7, 11) is 1.08. The predicted octanol–water partition coefficient (Wildman–Crippen LogP) is 8.42. The van der Waals surface area contributed by atoms with E-state index in [1.165, 1.54) is 122 Å². The molecule has 0 heterocycles. The fourth-order valence-corrected chi connectivity index (χ4v) is 4.24. The highest BCUT2D eigenvalue weighted by atomic mass is 32.2. The smallest absolute Gasteiger partial charge is 0.264 e. The highest BCUT2D eigenvalue weighted by Gasteiger charge is 2.14. The van der Waals surface area contributed by atoms with Crippen LogP contribution in [0.15, 0.2) is 30.3 Å². The van der Waals surface area contributed by atoms with Crippen molar-refractivity contribution in [2.24, 2.45) is 0 Å². The number of rotatable bonds is 20. The minimum absolute atomic E-state index is 0.201. The van der Waals surface area contributed by atoms with Crippen molar-refractivity contribution in [3.8, 4) is 0 Å². The fourth-order valence-electron chi connectivity index (χ4n) is 4.24. The van der Waals surface area contributed by atoms with Crippen molar-refractivity contribution >= 4 is 10.1 Å². The summed E-state index contributed by atoms with van der Waals surface area (Å²) in [4.78, 5) is 0. The van der Waals surface area contributed by atoms with E-state index in [0.29, 0.717) is 0 Å². The molecule has 0 amide bonds. The second-order valence-electron chi connectivity index (χ2n) is 10.5. The van der Waals surface area contributed by atoms with Crippen LogP contribution in [0.25, 0.3) is 0 Å². The van der Waals surface area contributed by atoms with Crippen LogP contribution >= 0.6 is 0 Å². The topological polar surface area (TPSA) is 54.4 Å². The van der Waals surface area contributed by atoms with Crippen molar-refractivity contribution < 1.29 is 17.5 Å². The molecule has 0 radical (unpaired) electrons. The molecule has 1 N–H and O–H groups in total. The molecule has 0 saturated heterocycles. The zero-order chi connectivity index (χ0) is 25.5. The number of nitrogens with zero attached hydrogens (tertiary/aromatic N) is 1. The lowest BCUT2D eigenvalue weighted by Crippen LogP contribution is -2.39. The lowest BCUT2D eigenvalue weighted by Gasteiger charge is -2.30. The van der Waals surface area contributed by atoms with Gasteiger partial charge in [0.1, 0.15) is 6.54 Å². The highest BCUT2D eigenvalue weighted by molar-refractivity contribution is 7.85. The van der Waals surface area contributed by atoms with E-state index >= 15 is 0 Å². The molecule has 0 aliphatic rings. The van der Waals surface area contributed by atoms with Gasteiger partial charge in [-0.3, -0.25) is 4.55 Å². The summed E-state index contributed by atoms with van der Waals surface area (Å²) in [6, 6.07) is 10.9. The number of benzene rings is 1. The molecule has 0 aromatic heterocycles. The van der Waals surface area contributed by atoms with Gasteiger partial charge in [-0.05, 0) is 19.8 Å². The maximum absolute atomic E-state index is 9.56. The molecule has 0 bridgehead atoms. The van der Waals surface area contributed by atoms with Crippen molar-refractivity contribution in [2.75, 3.05) is 26.4 Å². The molecule has 0 spiro atoms. The zero-order valence-corrected chi connectivity index (χ0v) is 23.8. The van der Waals surface area contributed by atoms with Gasteiger partial charge in [-0.2, -0.15) is 8.42 Å². The van der Waals surface area contributed by atoms with Gasteiger partial charge in [0.2, 0.25) is 0 Å². The molecular formula is C29H56NO3S+. The Kier molecular flexibility index (Phi) is 20.8. The third-order valence-corrected chi connectivity index (χ3v) is 7.16. The molecule has 1 rings (SSSR count). The van der Waals surface area contributed by atoms with E-state index in [9.17, 15) is 8.42 Å². The molecule has 200 valence electrons. The molecule has 0 unspecified atom stereocenters. The first-order valence-electron chi connectivity index (χ1n) is 14.0. The highest BCUT2D eigenvalue weighted by Crippen LogP contribution is 2.15. The molecule has 0 aliphatic heterocycles. The number of quaternary nitrogens is 1. The van der Waals surface area contributed by atoms with Crippen LogP contribution in [0.1, 0.15) is 122 Å². The quantitative estimate of drug-likeness (QED) is 0.111. The summed E-state index contributed by atoms with van der Waals surface area (Å²) in [5.74, 6) is -0.201. The molecule has 4 nitrogen and oxygen atoms in total. The summed E-state index contributed by atoms with van der Waals surface area (Å²) in [6.07, 6.45) is 23.2. The molecule has 1 aromatic carbocycles. The Labute approximate surface area is 212 Å². The largest absolute Gasteiger partial charge is 0.325 e. The molecule has 0 atom stereocenters. The zero-order valence-electron chi connectivity index (χ0n) is 22.9. The Morgan fingerprint density at radius 3 is 1.35 bits per heavy atom. The van der Waals surface area contributed by atoms with Crippen LogP contribution in [0.4, 0.5) is 0 Å². The first-order chi connectivity index (χ1) is 16.2. The summed E-state index contributed by atoms with van der Waals surface area (Å²) < 4.78 is 28.0. The molecule has 0 aliphatic carbocycles. The van der Waals surface area contributed by atoms with Gasteiger partial charge in [-0.15, -0.1) is 0 Å². The van der Waals surface area contributed by atoms with Crippen molar-refractivity contribution in [3.63, 3.8) is 0 Å². The van der Waals surface area contributed by atoms with Gasteiger partial charge in [-0.1, -0.05) is 127 Å². The Morgan fingerprint density at radius 1 is 0.647 bits per heavy atom. The normalized spacial score (nSPS) is 11.8. The maximum Gasteiger partial charge on any atom is 0.264 e. The molecule has 34 heavy (non-hydrogen) atoms. The third kappa shape index (κ3) is 24.2. The van der Waals surface area contributed by atoms with Crippen LogP contribution in [0, 0.1) is 0 Å². The van der Waals surface area contributed by atoms with Gasteiger partial charge in [-0.25, -0.2) is 0 Å². The standard InChI is InChI=1S/C27H50N.C2H6O3S/c1-4-5-6-7-8-9-10-11-12-13-14-15-16-17-18-22-25-28(2,3)26-27-23-20-19-21-24-27;1-2-6(3,4)5/h19-21,23-24H,4-18,22,25-26H2,1-3H3;2H2,1H3,(H,3,4,5)/q+1;. The Bertz CT molecular complexity index is 659. The van der Waals surface area contributed by atoms with Gasteiger partial charge in [0.25, 0.3) is 10.1 Å². The molecule has 1 aromatic rings.